The van der Waals surface area contributed by atoms with E-state index in [-0.39, 0.29) is 0 Å². The molecular weight excluding hydrogens is 222 g/mol. The summed E-state index contributed by atoms with van der Waals surface area (Å²) in [6, 6.07) is 8.31. The molecule has 1 aromatic carbocycles. The van der Waals surface area contributed by atoms with E-state index in [0.717, 1.165) is 11.4 Å². The van der Waals surface area contributed by atoms with Crippen molar-refractivity contribution in [2.24, 2.45) is 0 Å². The summed E-state index contributed by atoms with van der Waals surface area (Å²) >= 11 is 5.68. The zero-order valence-electron chi connectivity index (χ0n) is 9.39. The third-order valence-corrected chi connectivity index (χ3v) is 2.78. The highest BCUT2D eigenvalue weighted by atomic mass is 35.5. The molecule has 0 fully saturated rings. The van der Waals surface area contributed by atoms with Gasteiger partial charge in [-0.2, -0.15) is 0 Å². The van der Waals surface area contributed by atoms with Crippen molar-refractivity contribution in [2.45, 2.75) is 25.6 Å². The summed E-state index contributed by atoms with van der Waals surface area (Å²) in [4.78, 5) is 0. The lowest BCUT2D eigenvalue weighted by molar-refractivity contribution is 0.797. The Morgan fingerprint density at radius 2 is 1.94 bits per heavy atom. The molecule has 4 heteroatoms. The Morgan fingerprint density at radius 3 is 2.44 bits per heavy atom. The maximum atomic E-state index is 5.68. The first-order valence-corrected chi connectivity index (χ1v) is 5.81. The first-order valence-electron chi connectivity index (χ1n) is 5.28. The lowest BCUT2D eigenvalue weighted by atomic mass is 10.0. The van der Waals surface area contributed by atoms with Crippen molar-refractivity contribution < 1.29 is 0 Å². The number of halogens is 1. The van der Waals surface area contributed by atoms with Crippen molar-refractivity contribution in [3.63, 3.8) is 0 Å². The van der Waals surface area contributed by atoms with E-state index in [1.807, 2.05) is 18.3 Å². The highest BCUT2D eigenvalue weighted by Gasteiger charge is 2.03. The Bertz CT molecular complexity index is 459. The van der Waals surface area contributed by atoms with Gasteiger partial charge in [0.05, 0.1) is 23.5 Å². The normalized spacial score (nSPS) is 11.0. The van der Waals surface area contributed by atoms with E-state index in [1.54, 1.807) is 4.68 Å². The SMILES string of the molecule is CC(C)c1ccc(-n2cc(CCl)nn2)cc1. The molecule has 0 saturated heterocycles. The van der Waals surface area contributed by atoms with Crippen molar-refractivity contribution >= 4 is 11.6 Å². The van der Waals surface area contributed by atoms with Crippen LogP contribution in [0.25, 0.3) is 5.69 Å². The number of benzene rings is 1. The molecule has 0 unspecified atom stereocenters. The second kappa shape index (κ2) is 4.66. The maximum Gasteiger partial charge on any atom is 0.0979 e. The molecule has 0 aliphatic carbocycles. The van der Waals surface area contributed by atoms with E-state index in [4.69, 9.17) is 11.6 Å². The summed E-state index contributed by atoms with van der Waals surface area (Å²) in [5.74, 6) is 0.938. The predicted molar refractivity (Wildman–Crippen MR) is 65.0 cm³/mol. The van der Waals surface area contributed by atoms with E-state index in [9.17, 15) is 0 Å². The summed E-state index contributed by atoms with van der Waals surface area (Å²) in [7, 11) is 0. The van der Waals surface area contributed by atoms with E-state index in [0.29, 0.717) is 11.8 Å². The zero-order chi connectivity index (χ0) is 11.5. The molecule has 0 aliphatic rings. The van der Waals surface area contributed by atoms with Gasteiger partial charge in [0.15, 0.2) is 0 Å². The van der Waals surface area contributed by atoms with Gasteiger partial charge in [-0.3, -0.25) is 0 Å². The molecule has 0 spiro atoms. The number of hydrogen-bond acceptors (Lipinski definition) is 2. The van der Waals surface area contributed by atoms with Crippen LogP contribution in [0.4, 0.5) is 0 Å². The van der Waals surface area contributed by atoms with Crippen LogP contribution in [-0.4, -0.2) is 15.0 Å². The van der Waals surface area contributed by atoms with Gasteiger partial charge in [0.1, 0.15) is 0 Å². The Kier molecular flexibility index (Phi) is 3.25. The first kappa shape index (κ1) is 11.1. The monoisotopic (exact) mass is 235 g/mol. The lowest BCUT2D eigenvalue weighted by Crippen LogP contribution is -1.95. The van der Waals surface area contributed by atoms with Gasteiger partial charge in [-0.15, -0.1) is 16.7 Å². The minimum absolute atomic E-state index is 0.393. The second-order valence-corrected chi connectivity index (χ2v) is 4.30. The summed E-state index contributed by atoms with van der Waals surface area (Å²) in [5, 5.41) is 7.96. The quantitative estimate of drug-likeness (QED) is 0.766. The van der Waals surface area contributed by atoms with Crippen molar-refractivity contribution in [3.05, 3.63) is 41.7 Å². The van der Waals surface area contributed by atoms with Gasteiger partial charge in [0.2, 0.25) is 0 Å². The molecule has 0 atom stereocenters. The van der Waals surface area contributed by atoms with Crippen molar-refractivity contribution in [2.75, 3.05) is 0 Å². The summed E-state index contributed by atoms with van der Waals surface area (Å²) in [6.45, 7) is 4.35. The van der Waals surface area contributed by atoms with Gasteiger partial charge in [-0.1, -0.05) is 31.2 Å². The molecule has 0 saturated carbocycles. The van der Waals surface area contributed by atoms with Crippen LogP contribution in [0.5, 0.6) is 0 Å². The third kappa shape index (κ3) is 2.25. The molecule has 2 rings (SSSR count). The molecule has 16 heavy (non-hydrogen) atoms. The number of nitrogens with zero attached hydrogens (tertiary/aromatic N) is 3. The minimum atomic E-state index is 0.393. The minimum Gasteiger partial charge on any atom is -0.220 e. The number of rotatable bonds is 3. The average Bonchev–Trinajstić information content (AvgIpc) is 2.77. The maximum absolute atomic E-state index is 5.68. The molecule has 1 heterocycles. The Labute approximate surface area is 100 Å². The molecule has 2 aromatic rings. The highest BCUT2D eigenvalue weighted by Crippen LogP contribution is 2.16. The number of aromatic nitrogens is 3. The molecule has 3 nitrogen and oxygen atoms in total. The van der Waals surface area contributed by atoms with Crippen LogP contribution in [0, 0.1) is 0 Å². The van der Waals surface area contributed by atoms with E-state index < -0.39 is 0 Å². The van der Waals surface area contributed by atoms with E-state index in [2.05, 4.69) is 36.3 Å². The summed E-state index contributed by atoms with van der Waals surface area (Å²) in [6.07, 6.45) is 1.84. The number of alkyl halides is 1. The first-order chi connectivity index (χ1) is 7.70. The molecule has 84 valence electrons. The Balaban J connectivity index is 2.27. The third-order valence-electron chi connectivity index (χ3n) is 2.50. The Morgan fingerprint density at radius 1 is 1.25 bits per heavy atom. The van der Waals surface area contributed by atoms with Crippen LogP contribution < -0.4 is 0 Å². The van der Waals surface area contributed by atoms with Gasteiger partial charge in [0.25, 0.3) is 0 Å². The summed E-state index contributed by atoms with van der Waals surface area (Å²) in [5.41, 5.74) is 3.12. The van der Waals surface area contributed by atoms with Crippen LogP contribution in [0.2, 0.25) is 0 Å². The zero-order valence-corrected chi connectivity index (χ0v) is 10.1. The Hall–Kier alpha value is -1.35. The van der Waals surface area contributed by atoms with Crippen molar-refractivity contribution in [1.29, 1.82) is 0 Å². The molecular formula is C12H14ClN3. The van der Waals surface area contributed by atoms with E-state index in [1.165, 1.54) is 5.56 Å². The molecule has 0 N–H and O–H groups in total. The second-order valence-electron chi connectivity index (χ2n) is 4.03. The molecule has 0 bridgehead atoms. The lowest BCUT2D eigenvalue weighted by Gasteiger charge is -2.06. The smallest absolute Gasteiger partial charge is 0.0979 e. The predicted octanol–water partition coefficient (Wildman–Crippen LogP) is 3.13. The fourth-order valence-electron chi connectivity index (χ4n) is 1.50. The van der Waals surface area contributed by atoms with Crippen LogP contribution >= 0.6 is 11.6 Å². The van der Waals surface area contributed by atoms with Crippen LogP contribution in [0.1, 0.15) is 31.0 Å². The molecule has 0 radical (unpaired) electrons. The van der Waals surface area contributed by atoms with E-state index >= 15 is 0 Å². The highest BCUT2D eigenvalue weighted by molar-refractivity contribution is 6.16. The fourth-order valence-corrected chi connectivity index (χ4v) is 1.62. The molecule has 0 amide bonds. The van der Waals surface area contributed by atoms with Crippen LogP contribution in [0.3, 0.4) is 0 Å². The van der Waals surface area contributed by atoms with Crippen molar-refractivity contribution in [1.82, 2.24) is 15.0 Å². The fraction of sp³-hybridized carbons (Fsp3) is 0.333. The van der Waals surface area contributed by atoms with Crippen molar-refractivity contribution in [3.8, 4) is 5.69 Å². The van der Waals surface area contributed by atoms with Crippen LogP contribution in [-0.2, 0) is 5.88 Å². The molecule has 0 aliphatic heterocycles. The largest absolute Gasteiger partial charge is 0.220 e. The van der Waals surface area contributed by atoms with Gasteiger partial charge in [0, 0.05) is 0 Å². The topological polar surface area (TPSA) is 30.7 Å². The summed E-state index contributed by atoms with van der Waals surface area (Å²) < 4.78 is 1.74. The van der Waals surface area contributed by atoms with Gasteiger partial charge in [-0.25, -0.2) is 4.68 Å². The van der Waals surface area contributed by atoms with Gasteiger partial charge < -0.3 is 0 Å². The average molecular weight is 236 g/mol. The molecule has 1 aromatic heterocycles. The van der Waals surface area contributed by atoms with Gasteiger partial charge >= 0.3 is 0 Å². The standard InChI is InChI=1S/C12H14ClN3/c1-9(2)10-3-5-12(6-4-10)16-8-11(7-13)14-15-16/h3-6,8-9H,7H2,1-2H3. The van der Waals surface area contributed by atoms with Crippen LogP contribution in [0.15, 0.2) is 30.5 Å². The van der Waals surface area contributed by atoms with Gasteiger partial charge in [-0.05, 0) is 23.6 Å². The number of hydrogen-bond donors (Lipinski definition) is 0.